The highest BCUT2D eigenvalue weighted by atomic mass is 35.5. The van der Waals surface area contributed by atoms with Crippen LogP contribution in [0.2, 0.25) is 5.02 Å². The molecule has 4 rings (SSSR count). The van der Waals surface area contributed by atoms with Crippen LogP contribution in [-0.2, 0) is 14.8 Å². The Morgan fingerprint density at radius 2 is 1.97 bits per heavy atom. The van der Waals surface area contributed by atoms with E-state index in [1.807, 2.05) is 0 Å². The predicted octanol–water partition coefficient (Wildman–Crippen LogP) is 3.61. The second-order valence-electron chi connectivity index (χ2n) is 7.63. The van der Waals surface area contributed by atoms with Crippen LogP contribution in [0.3, 0.4) is 0 Å². The summed E-state index contributed by atoms with van der Waals surface area (Å²) in [4.78, 5) is 8.48. The Balaban J connectivity index is 1.59. The molecule has 3 aromatic rings. The summed E-state index contributed by atoms with van der Waals surface area (Å²) in [6, 6.07) is 11.3. The van der Waals surface area contributed by atoms with Gasteiger partial charge in [-0.1, -0.05) is 23.7 Å². The summed E-state index contributed by atoms with van der Waals surface area (Å²) in [5, 5.41) is 13.1. The molecule has 0 unspecified atom stereocenters. The molecule has 174 valence electrons. The molecule has 0 radical (unpaired) electrons. The number of pyridine rings is 2. The number of aryl methyl sites for hydroxylation is 1. The summed E-state index contributed by atoms with van der Waals surface area (Å²) in [6.07, 6.45) is -0.156. The summed E-state index contributed by atoms with van der Waals surface area (Å²) in [5.74, 6) is -0.135. The van der Waals surface area contributed by atoms with Gasteiger partial charge in [-0.3, -0.25) is 4.72 Å². The highest BCUT2D eigenvalue weighted by Gasteiger charge is 2.25. The van der Waals surface area contributed by atoms with Gasteiger partial charge in [0.25, 0.3) is 10.0 Å². The lowest BCUT2D eigenvalue weighted by Gasteiger charge is -2.28. The molecule has 3 heterocycles. The molecule has 1 aliphatic rings. The molecule has 8 nitrogen and oxygen atoms in total. The highest BCUT2D eigenvalue weighted by molar-refractivity contribution is 7.92. The van der Waals surface area contributed by atoms with Crippen molar-refractivity contribution in [3.8, 4) is 11.3 Å². The summed E-state index contributed by atoms with van der Waals surface area (Å²) in [6.45, 7) is 2.47. The van der Waals surface area contributed by atoms with Crippen LogP contribution < -0.4 is 10.0 Å². The molecule has 3 N–H and O–H groups in total. The van der Waals surface area contributed by atoms with E-state index in [9.17, 15) is 17.9 Å². The van der Waals surface area contributed by atoms with Crippen LogP contribution in [0, 0.1) is 12.7 Å². The molecule has 0 aliphatic carbocycles. The molecule has 2 aromatic heterocycles. The number of rotatable bonds is 6. The number of anilines is 2. The third-order valence-corrected chi connectivity index (χ3v) is 6.76. The molecule has 0 saturated carbocycles. The van der Waals surface area contributed by atoms with Gasteiger partial charge in [-0.15, -0.1) is 0 Å². The first-order valence-electron chi connectivity index (χ1n) is 10.2. The molecular weight excluding hydrogens is 471 g/mol. The molecule has 2 atom stereocenters. The Bertz CT molecular complexity index is 1280. The van der Waals surface area contributed by atoms with E-state index in [1.165, 1.54) is 30.3 Å². The lowest BCUT2D eigenvalue weighted by Crippen LogP contribution is -2.42. The molecule has 1 aliphatic heterocycles. The number of hydrogen-bond donors (Lipinski definition) is 3. The number of aromatic nitrogens is 2. The predicted molar refractivity (Wildman–Crippen MR) is 123 cm³/mol. The maximum atomic E-state index is 13.8. The van der Waals surface area contributed by atoms with Crippen molar-refractivity contribution in [3.63, 3.8) is 0 Å². The normalized spacial score (nSPS) is 18.7. The van der Waals surface area contributed by atoms with Crippen molar-refractivity contribution < 1.29 is 22.7 Å². The van der Waals surface area contributed by atoms with Gasteiger partial charge in [-0.05, 0) is 55.3 Å². The highest BCUT2D eigenvalue weighted by Crippen LogP contribution is 2.31. The van der Waals surface area contributed by atoms with Gasteiger partial charge in [0.1, 0.15) is 17.5 Å². The van der Waals surface area contributed by atoms with Gasteiger partial charge in [0.15, 0.2) is 5.03 Å². The minimum absolute atomic E-state index is 0.0121. The number of ether oxygens (including phenoxy) is 1. The maximum absolute atomic E-state index is 13.8. The molecule has 11 heteroatoms. The quantitative estimate of drug-likeness (QED) is 0.481. The second-order valence-corrected chi connectivity index (χ2v) is 9.67. The zero-order chi connectivity index (χ0) is 23.6. The van der Waals surface area contributed by atoms with Crippen molar-refractivity contribution in [1.82, 2.24) is 9.97 Å². The standard InChI is InChI=1S/C22H22ClFN4O4S/c1-13-5-6-14(24)11-15(13)22-16(23)7-8-20(27-22)28-33(30,31)21-4-2-3-19(26-21)25-17-9-10-32-12-18(17)29/h2-8,11,17-18,29H,9-10,12H2,1H3,(H,25,26)(H,27,28)/t17-,18-/m1/s1. The van der Waals surface area contributed by atoms with E-state index in [0.717, 1.165) is 5.56 Å². The van der Waals surface area contributed by atoms with E-state index in [0.29, 0.717) is 24.4 Å². The lowest BCUT2D eigenvalue weighted by molar-refractivity contribution is -0.0135. The number of halogens is 2. The first-order valence-corrected chi connectivity index (χ1v) is 12.0. The van der Waals surface area contributed by atoms with Gasteiger partial charge < -0.3 is 15.2 Å². The van der Waals surface area contributed by atoms with Crippen molar-refractivity contribution in [2.24, 2.45) is 0 Å². The fourth-order valence-corrected chi connectivity index (χ4v) is 4.63. The smallest absolute Gasteiger partial charge is 0.280 e. The van der Waals surface area contributed by atoms with Crippen molar-refractivity contribution in [3.05, 3.63) is 64.9 Å². The van der Waals surface area contributed by atoms with Gasteiger partial charge in [0, 0.05) is 12.2 Å². The third kappa shape index (κ3) is 5.41. The maximum Gasteiger partial charge on any atom is 0.280 e. The summed E-state index contributed by atoms with van der Waals surface area (Å²) in [5.41, 5.74) is 1.45. The Labute approximate surface area is 195 Å². The topological polar surface area (TPSA) is 113 Å². The largest absolute Gasteiger partial charge is 0.389 e. The van der Waals surface area contributed by atoms with E-state index in [1.54, 1.807) is 25.1 Å². The van der Waals surface area contributed by atoms with Crippen molar-refractivity contribution in [2.75, 3.05) is 23.3 Å². The number of aliphatic hydroxyl groups is 1. The SMILES string of the molecule is Cc1ccc(F)cc1-c1nc(NS(=O)(=O)c2cccc(N[C@@H]3CCOC[C@H]3O)n2)ccc1Cl. The Morgan fingerprint density at radius 3 is 2.76 bits per heavy atom. The van der Waals surface area contributed by atoms with Crippen LogP contribution in [0.1, 0.15) is 12.0 Å². The first-order chi connectivity index (χ1) is 15.7. The van der Waals surface area contributed by atoms with Gasteiger partial charge in [0.05, 0.1) is 29.5 Å². The van der Waals surface area contributed by atoms with Crippen LogP contribution in [0.4, 0.5) is 16.0 Å². The molecule has 0 amide bonds. The molecular formula is C22H22ClFN4O4S. The molecule has 1 aromatic carbocycles. The van der Waals surface area contributed by atoms with Gasteiger partial charge in [-0.25, -0.2) is 14.4 Å². The Hall–Kier alpha value is -2.79. The van der Waals surface area contributed by atoms with Gasteiger partial charge in [0.2, 0.25) is 0 Å². The van der Waals surface area contributed by atoms with Crippen molar-refractivity contribution >= 4 is 33.3 Å². The third-order valence-electron chi connectivity index (χ3n) is 5.20. The molecule has 1 saturated heterocycles. The minimum atomic E-state index is -4.09. The van der Waals surface area contributed by atoms with Crippen molar-refractivity contribution in [1.29, 1.82) is 0 Å². The zero-order valence-electron chi connectivity index (χ0n) is 17.6. The summed E-state index contributed by atoms with van der Waals surface area (Å²) < 4.78 is 47.3. The van der Waals surface area contributed by atoms with Crippen LogP contribution in [0.15, 0.2) is 53.6 Å². The van der Waals surface area contributed by atoms with E-state index in [-0.39, 0.29) is 34.2 Å². The average Bonchev–Trinajstić information content (AvgIpc) is 2.78. The van der Waals surface area contributed by atoms with Crippen LogP contribution in [-0.4, -0.2) is 48.9 Å². The van der Waals surface area contributed by atoms with Crippen LogP contribution >= 0.6 is 11.6 Å². The number of sulfonamides is 1. The monoisotopic (exact) mass is 492 g/mol. The number of nitrogens with one attached hydrogen (secondary N) is 2. The van der Waals surface area contributed by atoms with E-state index >= 15 is 0 Å². The van der Waals surface area contributed by atoms with Crippen LogP contribution in [0.25, 0.3) is 11.3 Å². The summed E-state index contributed by atoms with van der Waals surface area (Å²) >= 11 is 6.26. The molecule has 33 heavy (non-hydrogen) atoms. The molecule has 0 spiro atoms. The number of benzene rings is 1. The Morgan fingerprint density at radius 1 is 1.15 bits per heavy atom. The van der Waals surface area contributed by atoms with E-state index in [2.05, 4.69) is 20.0 Å². The average molecular weight is 493 g/mol. The number of aliphatic hydroxyl groups excluding tert-OH is 1. The minimum Gasteiger partial charge on any atom is -0.389 e. The second kappa shape index (κ2) is 9.60. The Kier molecular flexibility index (Phi) is 6.80. The lowest BCUT2D eigenvalue weighted by atomic mass is 10.0. The summed E-state index contributed by atoms with van der Waals surface area (Å²) in [7, 11) is -4.09. The molecule has 0 bridgehead atoms. The van der Waals surface area contributed by atoms with Gasteiger partial charge >= 0.3 is 0 Å². The molecule has 1 fully saturated rings. The fraction of sp³-hybridized carbons (Fsp3) is 0.273. The number of nitrogens with zero attached hydrogens (tertiary/aromatic N) is 2. The van der Waals surface area contributed by atoms with Gasteiger partial charge in [-0.2, -0.15) is 8.42 Å². The van der Waals surface area contributed by atoms with Crippen molar-refractivity contribution in [2.45, 2.75) is 30.5 Å². The van der Waals surface area contributed by atoms with E-state index < -0.39 is 21.9 Å². The fourth-order valence-electron chi connectivity index (χ4n) is 3.45. The first kappa shape index (κ1) is 23.4. The zero-order valence-corrected chi connectivity index (χ0v) is 19.2. The van der Waals surface area contributed by atoms with E-state index in [4.69, 9.17) is 16.3 Å². The number of hydrogen-bond acceptors (Lipinski definition) is 7. The van der Waals surface area contributed by atoms with Crippen LogP contribution in [0.5, 0.6) is 0 Å².